The summed E-state index contributed by atoms with van der Waals surface area (Å²) in [7, 11) is 0. The summed E-state index contributed by atoms with van der Waals surface area (Å²) in [5.74, 6) is -0.276. The molecular formula is C28H27ClN2O. The van der Waals surface area contributed by atoms with Crippen molar-refractivity contribution in [3.63, 3.8) is 0 Å². The minimum absolute atomic E-state index is 0.0834. The first-order valence-electron chi connectivity index (χ1n) is 11.1. The van der Waals surface area contributed by atoms with Crippen LogP contribution >= 0.6 is 11.6 Å². The van der Waals surface area contributed by atoms with Crippen LogP contribution in [0.4, 0.5) is 0 Å². The van der Waals surface area contributed by atoms with Gasteiger partial charge in [0.05, 0.1) is 11.4 Å². The van der Waals surface area contributed by atoms with Gasteiger partial charge in [-0.1, -0.05) is 104 Å². The molecule has 0 saturated heterocycles. The van der Waals surface area contributed by atoms with Gasteiger partial charge in [-0.25, -0.2) is 4.98 Å². The summed E-state index contributed by atoms with van der Waals surface area (Å²) in [5.41, 5.74) is 3.72. The lowest BCUT2D eigenvalue weighted by Crippen LogP contribution is -2.36. The first kappa shape index (κ1) is 22.0. The molecule has 0 bridgehead atoms. The van der Waals surface area contributed by atoms with Gasteiger partial charge < -0.3 is 4.90 Å². The summed E-state index contributed by atoms with van der Waals surface area (Å²) in [6.07, 6.45) is 1.94. The fourth-order valence-electron chi connectivity index (χ4n) is 4.02. The number of amides is 1. The molecule has 0 spiro atoms. The smallest absolute Gasteiger partial charge is 0.234 e. The molecule has 1 heterocycles. The van der Waals surface area contributed by atoms with Gasteiger partial charge in [-0.3, -0.25) is 4.79 Å². The number of carbonyl (C=O) groups is 1. The normalized spacial score (nSPS) is 11.1. The van der Waals surface area contributed by atoms with Gasteiger partial charge in [-0.2, -0.15) is 0 Å². The van der Waals surface area contributed by atoms with E-state index in [1.165, 1.54) is 0 Å². The largest absolute Gasteiger partial charge is 0.337 e. The summed E-state index contributed by atoms with van der Waals surface area (Å²) in [6, 6.07) is 30.0. The van der Waals surface area contributed by atoms with Crippen LogP contribution in [0, 0.1) is 0 Å². The van der Waals surface area contributed by atoms with Crippen molar-refractivity contribution in [1.29, 1.82) is 0 Å². The van der Waals surface area contributed by atoms with Crippen LogP contribution < -0.4 is 0 Å². The third kappa shape index (κ3) is 5.00. The third-order valence-electron chi connectivity index (χ3n) is 5.72. The van der Waals surface area contributed by atoms with Crippen molar-refractivity contribution < 1.29 is 4.79 Å². The van der Waals surface area contributed by atoms with Gasteiger partial charge in [0.2, 0.25) is 5.91 Å². The number of hydrogen-bond donors (Lipinski definition) is 0. The fraction of sp³-hybridized carbons (Fsp3) is 0.214. The molecular weight excluding hydrogens is 416 g/mol. The van der Waals surface area contributed by atoms with Crippen molar-refractivity contribution >= 4 is 28.4 Å². The Kier molecular flexibility index (Phi) is 7.18. The van der Waals surface area contributed by atoms with E-state index in [-0.39, 0.29) is 11.8 Å². The van der Waals surface area contributed by atoms with Gasteiger partial charge in [0.1, 0.15) is 5.15 Å². The van der Waals surface area contributed by atoms with E-state index >= 15 is 0 Å². The molecule has 3 aromatic carbocycles. The van der Waals surface area contributed by atoms with Gasteiger partial charge in [-0.15, -0.1) is 0 Å². The van der Waals surface area contributed by atoms with Crippen LogP contribution in [0.3, 0.4) is 0 Å². The maximum atomic E-state index is 14.0. The molecule has 0 N–H and O–H groups in total. The van der Waals surface area contributed by atoms with E-state index in [0.29, 0.717) is 18.2 Å². The van der Waals surface area contributed by atoms with Crippen LogP contribution in [0.25, 0.3) is 10.9 Å². The number of aromatic nitrogens is 1. The van der Waals surface area contributed by atoms with E-state index in [0.717, 1.165) is 40.4 Å². The number of nitrogens with zero attached hydrogens (tertiary/aromatic N) is 2. The Bertz CT molecular complexity index is 1140. The Balaban J connectivity index is 1.71. The second kappa shape index (κ2) is 10.4. The molecule has 0 aliphatic carbocycles. The molecule has 4 heteroatoms. The Hall–Kier alpha value is -3.17. The highest BCUT2D eigenvalue weighted by Gasteiger charge is 2.28. The molecule has 32 heavy (non-hydrogen) atoms. The lowest BCUT2D eigenvalue weighted by Gasteiger charge is -2.28. The SMILES string of the molecule is CCCCN(Cc1cc2ccccc2nc1Cl)C(=O)C(c1ccccc1)c1ccccc1. The predicted octanol–water partition coefficient (Wildman–Crippen LogP) is 6.85. The van der Waals surface area contributed by atoms with Crippen LogP contribution in [0.15, 0.2) is 91.0 Å². The monoisotopic (exact) mass is 442 g/mol. The molecule has 1 amide bonds. The van der Waals surface area contributed by atoms with Crippen LogP contribution in [0.2, 0.25) is 5.15 Å². The van der Waals surface area contributed by atoms with Crippen LogP contribution in [-0.2, 0) is 11.3 Å². The van der Waals surface area contributed by atoms with E-state index in [1.54, 1.807) is 0 Å². The molecule has 0 aliphatic heterocycles. The zero-order valence-corrected chi connectivity index (χ0v) is 19.0. The van der Waals surface area contributed by atoms with Gasteiger partial charge in [0.25, 0.3) is 0 Å². The summed E-state index contributed by atoms with van der Waals surface area (Å²) in [6.45, 7) is 3.25. The van der Waals surface area contributed by atoms with Crippen molar-refractivity contribution in [2.75, 3.05) is 6.54 Å². The maximum Gasteiger partial charge on any atom is 0.234 e. The molecule has 0 aliphatic rings. The second-order valence-corrected chi connectivity index (χ2v) is 8.36. The molecule has 0 saturated carbocycles. The Morgan fingerprint density at radius 2 is 1.50 bits per heavy atom. The second-order valence-electron chi connectivity index (χ2n) is 8.00. The standard InChI is InChI=1S/C28H27ClN2O/c1-2-3-18-31(20-24-19-23-16-10-11-17-25(23)30-27(24)29)28(32)26(21-12-6-4-7-13-21)22-14-8-5-9-15-22/h4-17,19,26H,2-3,18,20H2,1H3. The molecule has 162 valence electrons. The molecule has 0 fully saturated rings. The quantitative estimate of drug-likeness (QED) is 0.279. The number of para-hydroxylation sites is 1. The highest BCUT2D eigenvalue weighted by atomic mass is 35.5. The topological polar surface area (TPSA) is 33.2 Å². The summed E-state index contributed by atoms with van der Waals surface area (Å²) in [4.78, 5) is 20.5. The van der Waals surface area contributed by atoms with Crippen LogP contribution in [0.5, 0.6) is 0 Å². The van der Waals surface area contributed by atoms with Gasteiger partial charge in [0.15, 0.2) is 0 Å². The van der Waals surface area contributed by atoms with Crippen molar-refractivity contribution in [2.45, 2.75) is 32.2 Å². The van der Waals surface area contributed by atoms with Crippen molar-refractivity contribution in [3.8, 4) is 0 Å². The van der Waals surface area contributed by atoms with Crippen molar-refractivity contribution in [1.82, 2.24) is 9.88 Å². The van der Waals surface area contributed by atoms with Gasteiger partial charge in [-0.05, 0) is 29.7 Å². The zero-order chi connectivity index (χ0) is 22.3. The van der Waals surface area contributed by atoms with E-state index in [9.17, 15) is 4.79 Å². The zero-order valence-electron chi connectivity index (χ0n) is 18.2. The third-order valence-corrected chi connectivity index (χ3v) is 6.04. The number of pyridine rings is 1. The summed E-state index contributed by atoms with van der Waals surface area (Å²) >= 11 is 6.55. The highest BCUT2D eigenvalue weighted by molar-refractivity contribution is 6.30. The number of halogens is 1. The lowest BCUT2D eigenvalue weighted by atomic mass is 9.89. The molecule has 1 aromatic heterocycles. The van der Waals surface area contributed by atoms with E-state index in [1.807, 2.05) is 89.8 Å². The first-order valence-corrected chi connectivity index (χ1v) is 11.5. The molecule has 4 aromatic rings. The number of fused-ring (bicyclic) bond motifs is 1. The lowest BCUT2D eigenvalue weighted by molar-refractivity contribution is -0.132. The Morgan fingerprint density at radius 3 is 2.12 bits per heavy atom. The number of rotatable bonds is 8. The van der Waals surface area contributed by atoms with Crippen LogP contribution in [0.1, 0.15) is 42.4 Å². The number of carbonyl (C=O) groups excluding carboxylic acids is 1. The molecule has 4 rings (SSSR count). The van der Waals surface area contributed by atoms with Gasteiger partial charge >= 0.3 is 0 Å². The van der Waals surface area contributed by atoms with E-state index in [4.69, 9.17) is 11.6 Å². The Labute approximate surface area is 194 Å². The fourth-order valence-corrected chi connectivity index (χ4v) is 4.23. The molecule has 0 unspecified atom stereocenters. The maximum absolute atomic E-state index is 14.0. The molecule has 3 nitrogen and oxygen atoms in total. The van der Waals surface area contributed by atoms with E-state index in [2.05, 4.69) is 18.0 Å². The number of unbranched alkanes of at least 4 members (excludes halogenated alkanes) is 1. The predicted molar refractivity (Wildman–Crippen MR) is 132 cm³/mol. The number of hydrogen-bond acceptors (Lipinski definition) is 2. The van der Waals surface area contributed by atoms with Gasteiger partial charge in [0, 0.05) is 24.0 Å². The average molecular weight is 443 g/mol. The van der Waals surface area contributed by atoms with Crippen LogP contribution in [-0.4, -0.2) is 22.3 Å². The molecule has 0 radical (unpaired) electrons. The van der Waals surface area contributed by atoms with Crippen molar-refractivity contribution in [3.05, 3.63) is 113 Å². The molecule has 0 atom stereocenters. The average Bonchev–Trinajstić information content (AvgIpc) is 2.83. The minimum atomic E-state index is -0.360. The van der Waals surface area contributed by atoms with E-state index < -0.39 is 0 Å². The summed E-state index contributed by atoms with van der Waals surface area (Å²) in [5, 5.41) is 1.48. The minimum Gasteiger partial charge on any atom is -0.337 e. The Morgan fingerprint density at radius 1 is 0.906 bits per heavy atom. The number of benzene rings is 3. The van der Waals surface area contributed by atoms with Crippen molar-refractivity contribution in [2.24, 2.45) is 0 Å². The summed E-state index contributed by atoms with van der Waals surface area (Å²) < 4.78 is 0. The first-order chi connectivity index (χ1) is 15.7. The highest BCUT2D eigenvalue weighted by Crippen LogP contribution is 2.29.